The first-order valence-electron chi connectivity index (χ1n) is 11.5. The quantitative estimate of drug-likeness (QED) is 0.324. The van der Waals surface area contributed by atoms with E-state index in [2.05, 4.69) is 89.2 Å². The van der Waals surface area contributed by atoms with E-state index < -0.39 is 0 Å². The highest BCUT2D eigenvalue weighted by atomic mass is 16.5. The lowest BCUT2D eigenvalue weighted by Crippen LogP contribution is -2.06. The lowest BCUT2D eigenvalue weighted by atomic mass is 9.91. The molecular weight excluding hydrogens is 408 g/mol. The number of ether oxygens (including phenoxy) is 1. The standard InChI is InChI=1S/C28H26N4O/c1-4-27-29-13-24(31-27)18-6-8-20-17(11-18)5-9-21-22-10-7-19(12-26(22)33-15-23(20)21)25-14-30-28(32-25)16(2)3/h5-14,16H,4,15H2,1-3H3,(H,29,31)(H,30,32). The van der Waals surface area contributed by atoms with Crippen molar-refractivity contribution < 1.29 is 4.74 Å². The van der Waals surface area contributed by atoms with Crippen LogP contribution in [0, 0.1) is 0 Å². The number of hydrogen-bond donors (Lipinski definition) is 2. The molecule has 1 aliphatic heterocycles. The molecule has 0 fully saturated rings. The number of fused-ring (bicyclic) bond motifs is 5. The fraction of sp³-hybridized carbons (Fsp3) is 0.214. The van der Waals surface area contributed by atoms with Crippen LogP contribution in [0.1, 0.15) is 43.9 Å². The molecular formula is C28H26N4O. The minimum Gasteiger partial charge on any atom is -0.488 e. The molecule has 0 saturated heterocycles. The second kappa shape index (κ2) is 7.62. The summed E-state index contributed by atoms with van der Waals surface area (Å²) in [7, 11) is 0. The van der Waals surface area contributed by atoms with E-state index in [1.165, 1.54) is 21.9 Å². The van der Waals surface area contributed by atoms with E-state index in [1.807, 2.05) is 12.4 Å². The molecule has 0 amide bonds. The molecule has 164 valence electrons. The van der Waals surface area contributed by atoms with Crippen molar-refractivity contribution in [2.24, 2.45) is 0 Å². The lowest BCUT2D eigenvalue weighted by Gasteiger charge is -2.23. The molecule has 0 bridgehead atoms. The van der Waals surface area contributed by atoms with Gasteiger partial charge in [-0.05, 0) is 34.5 Å². The Hall–Kier alpha value is -3.86. The molecule has 0 radical (unpaired) electrons. The summed E-state index contributed by atoms with van der Waals surface area (Å²) >= 11 is 0. The van der Waals surface area contributed by atoms with E-state index in [4.69, 9.17) is 4.74 Å². The van der Waals surface area contributed by atoms with Crippen LogP contribution in [0.15, 0.2) is 60.9 Å². The monoisotopic (exact) mass is 434 g/mol. The summed E-state index contributed by atoms with van der Waals surface area (Å²) in [5.74, 6) is 3.30. The predicted octanol–water partition coefficient (Wildman–Crippen LogP) is 6.87. The Kier molecular flexibility index (Phi) is 4.57. The molecule has 5 heteroatoms. The van der Waals surface area contributed by atoms with Crippen LogP contribution in [0.3, 0.4) is 0 Å². The zero-order valence-electron chi connectivity index (χ0n) is 19.1. The Bertz CT molecular complexity index is 1490. The van der Waals surface area contributed by atoms with Crippen molar-refractivity contribution in [1.29, 1.82) is 0 Å². The summed E-state index contributed by atoms with van der Waals surface area (Å²) < 4.78 is 6.26. The third-order valence-electron chi connectivity index (χ3n) is 6.50. The molecule has 0 atom stereocenters. The van der Waals surface area contributed by atoms with Crippen LogP contribution in [0.5, 0.6) is 5.75 Å². The average molecular weight is 435 g/mol. The minimum atomic E-state index is 0.371. The maximum absolute atomic E-state index is 6.26. The Morgan fingerprint density at radius 1 is 0.879 bits per heavy atom. The molecule has 2 aromatic heterocycles. The third kappa shape index (κ3) is 3.32. The molecule has 1 aliphatic rings. The van der Waals surface area contributed by atoms with Crippen molar-refractivity contribution in [2.45, 2.75) is 39.7 Å². The molecule has 2 N–H and O–H groups in total. The minimum absolute atomic E-state index is 0.371. The van der Waals surface area contributed by atoms with Crippen molar-refractivity contribution in [3.63, 3.8) is 0 Å². The van der Waals surface area contributed by atoms with Gasteiger partial charge >= 0.3 is 0 Å². The molecule has 5 aromatic rings. The highest BCUT2D eigenvalue weighted by Crippen LogP contribution is 2.42. The smallest absolute Gasteiger partial charge is 0.128 e. The summed E-state index contributed by atoms with van der Waals surface area (Å²) in [6.07, 6.45) is 4.72. The first kappa shape index (κ1) is 19.8. The van der Waals surface area contributed by atoms with Crippen molar-refractivity contribution in [2.75, 3.05) is 0 Å². The van der Waals surface area contributed by atoms with Gasteiger partial charge in [-0.3, -0.25) is 0 Å². The fourth-order valence-corrected chi connectivity index (χ4v) is 4.62. The first-order chi connectivity index (χ1) is 16.1. The van der Waals surface area contributed by atoms with Gasteiger partial charge in [-0.25, -0.2) is 9.97 Å². The van der Waals surface area contributed by atoms with E-state index in [0.717, 1.165) is 51.9 Å². The van der Waals surface area contributed by atoms with Gasteiger partial charge in [-0.1, -0.05) is 51.1 Å². The number of H-pyrrole nitrogens is 2. The van der Waals surface area contributed by atoms with E-state index in [9.17, 15) is 0 Å². The average Bonchev–Trinajstić information content (AvgIpc) is 3.53. The van der Waals surface area contributed by atoms with Gasteiger partial charge in [0.1, 0.15) is 24.0 Å². The highest BCUT2D eigenvalue weighted by Gasteiger charge is 2.21. The maximum atomic E-state index is 6.26. The van der Waals surface area contributed by atoms with Crippen molar-refractivity contribution >= 4 is 10.8 Å². The normalized spacial score (nSPS) is 12.6. The fourth-order valence-electron chi connectivity index (χ4n) is 4.62. The SMILES string of the molecule is CCc1ncc(-c2ccc3c4c(ccc3c2)-c2ccc(-c3cnc(C(C)C)[nH]3)cc2OC4)[nH]1. The molecule has 33 heavy (non-hydrogen) atoms. The van der Waals surface area contributed by atoms with Crippen molar-refractivity contribution in [3.8, 4) is 39.4 Å². The second-order valence-corrected chi connectivity index (χ2v) is 8.96. The van der Waals surface area contributed by atoms with Crippen LogP contribution in [0.25, 0.3) is 44.4 Å². The van der Waals surface area contributed by atoms with Crippen LogP contribution in [0.4, 0.5) is 0 Å². The molecule has 0 aliphatic carbocycles. The number of aryl methyl sites for hydroxylation is 1. The van der Waals surface area contributed by atoms with E-state index in [-0.39, 0.29) is 0 Å². The number of hydrogen-bond acceptors (Lipinski definition) is 3. The summed E-state index contributed by atoms with van der Waals surface area (Å²) in [6.45, 7) is 6.95. The van der Waals surface area contributed by atoms with Crippen LogP contribution in [-0.4, -0.2) is 19.9 Å². The van der Waals surface area contributed by atoms with E-state index in [0.29, 0.717) is 12.5 Å². The number of benzene rings is 3. The Balaban J connectivity index is 1.38. The van der Waals surface area contributed by atoms with Crippen molar-refractivity contribution in [1.82, 2.24) is 19.9 Å². The van der Waals surface area contributed by atoms with Gasteiger partial charge in [0.2, 0.25) is 0 Å². The Labute approximate surface area is 192 Å². The zero-order valence-corrected chi connectivity index (χ0v) is 19.1. The lowest BCUT2D eigenvalue weighted by molar-refractivity contribution is 0.304. The van der Waals surface area contributed by atoms with Crippen LogP contribution in [-0.2, 0) is 13.0 Å². The summed E-state index contributed by atoms with van der Waals surface area (Å²) in [5, 5.41) is 2.44. The number of aromatic nitrogens is 4. The van der Waals surface area contributed by atoms with Gasteiger partial charge in [-0.15, -0.1) is 0 Å². The molecule has 0 saturated carbocycles. The van der Waals surface area contributed by atoms with Gasteiger partial charge in [0.05, 0.1) is 23.8 Å². The first-order valence-corrected chi connectivity index (χ1v) is 11.5. The zero-order chi connectivity index (χ0) is 22.5. The number of rotatable bonds is 4. The maximum Gasteiger partial charge on any atom is 0.128 e. The number of nitrogens with one attached hydrogen (secondary N) is 2. The van der Waals surface area contributed by atoms with Gasteiger partial charge in [0, 0.05) is 34.6 Å². The van der Waals surface area contributed by atoms with Gasteiger partial charge in [-0.2, -0.15) is 0 Å². The van der Waals surface area contributed by atoms with E-state index in [1.54, 1.807) is 0 Å². The molecule has 3 heterocycles. The van der Waals surface area contributed by atoms with Crippen LogP contribution >= 0.6 is 0 Å². The van der Waals surface area contributed by atoms with Gasteiger partial charge in [0.15, 0.2) is 0 Å². The summed E-state index contributed by atoms with van der Waals surface area (Å²) in [4.78, 5) is 15.8. The molecule has 3 aromatic carbocycles. The Morgan fingerprint density at radius 3 is 2.42 bits per heavy atom. The molecule has 0 unspecified atom stereocenters. The predicted molar refractivity (Wildman–Crippen MR) is 132 cm³/mol. The van der Waals surface area contributed by atoms with Crippen LogP contribution in [0.2, 0.25) is 0 Å². The van der Waals surface area contributed by atoms with E-state index >= 15 is 0 Å². The number of nitrogens with zero attached hydrogens (tertiary/aromatic N) is 2. The molecule has 6 rings (SSSR count). The second-order valence-electron chi connectivity index (χ2n) is 8.96. The topological polar surface area (TPSA) is 66.6 Å². The highest BCUT2D eigenvalue weighted by molar-refractivity contribution is 5.95. The molecule has 0 spiro atoms. The Morgan fingerprint density at radius 2 is 1.64 bits per heavy atom. The molecule has 5 nitrogen and oxygen atoms in total. The summed E-state index contributed by atoms with van der Waals surface area (Å²) in [5.41, 5.74) is 7.93. The van der Waals surface area contributed by atoms with Gasteiger partial charge in [0.25, 0.3) is 0 Å². The number of imidazole rings is 2. The third-order valence-corrected chi connectivity index (χ3v) is 6.50. The van der Waals surface area contributed by atoms with Gasteiger partial charge < -0.3 is 14.7 Å². The van der Waals surface area contributed by atoms with Crippen molar-refractivity contribution in [3.05, 3.63) is 78.1 Å². The largest absolute Gasteiger partial charge is 0.488 e. The van der Waals surface area contributed by atoms with Crippen LogP contribution < -0.4 is 4.74 Å². The summed E-state index contributed by atoms with van der Waals surface area (Å²) in [6, 6.07) is 17.5. The number of aromatic amines is 2.